The number of halogens is 2. The number of pyridine rings is 2. The molecule has 4 aromatic rings. The molecule has 0 fully saturated rings. The highest BCUT2D eigenvalue weighted by Crippen LogP contribution is 2.25. The van der Waals surface area contributed by atoms with Crippen LogP contribution in [0.15, 0.2) is 107 Å². The van der Waals surface area contributed by atoms with Gasteiger partial charge in [0.15, 0.2) is 24.8 Å². The van der Waals surface area contributed by atoms with Crippen molar-refractivity contribution in [2.45, 2.75) is 52.6 Å². The van der Waals surface area contributed by atoms with E-state index in [1.165, 1.54) is 19.3 Å². The summed E-state index contributed by atoms with van der Waals surface area (Å²) in [7, 11) is 1.96. The Kier molecular flexibility index (Phi) is 14.3. The van der Waals surface area contributed by atoms with Crippen LogP contribution in [-0.2, 0) is 13.1 Å². The van der Waals surface area contributed by atoms with E-state index in [0.29, 0.717) is 0 Å². The molecule has 0 aliphatic carbocycles. The van der Waals surface area contributed by atoms with E-state index < -0.39 is 0 Å². The highest BCUT2D eigenvalue weighted by molar-refractivity contribution is 5.79. The van der Waals surface area contributed by atoms with Gasteiger partial charge in [-0.15, -0.1) is 0 Å². The van der Waals surface area contributed by atoms with Gasteiger partial charge in [-0.2, -0.15) is 15.3 Å². The third kappa shape index (κ3) is 10.8. The first-order chi connectivity index (χ1) is 19.0. The molecule has 0 radical (unpaired) electrons. The van der Waals surface area contributed by atoms with Crippen LogP contribution in [-0.4, -0.2) is 13.3 Å². The number of unbranched alkanes of at least 4 members (excludes halogenated alkanes) is 3. The van der Waals surface area contributed by atoms with Gasteiger partial charge in [0.1, 0.15) is 13.1 Å². The number of nitrogens with zero attached hydrogens (tertiary/aromatic N) is 6. The van der Waals surface area contributed by atoms with Crippen molar-refractivity contribution in [2.24, 2.45) is 15.3 Å². The van der Waals surface area contributed by atoms with Crippen LogP contribution < -0.4 is 53.8 Å². The van der Waals surface area contributed by atoms with E-state index in [9.17, 15) is 0 Å². The molecule has 0 atom stereocenters. The van der Waals surface area contributed by atoms with Gasteiger partial charge in [-0.1, -0.05) is 18.2 Å². The molecule has 9 heteroatoms. The maximum Gasteiger partial charge on any atom is 0.171 e. The van der Waals surface area contributed by atoms with Gasteiger partial charge >= 0.3 is 0 Å². The van der Waals surface area contributed by atoms with Gasteiger partial charge in [-0.05, 0) is 62.1 Å². The van der Waals surface area contributed by atoms with Gasteiger partial charge in [0.05, 0.1) is 23.3 Å². The lowest BCUT2D eigenvalue weighted by Gasteiger charge is -2.11. The van der Waals surface area contributed by atoms with E-state index in [0.717, 1.165) is 59.0 Å². The number of aryl methyl sites for hydroxylation is 4. The molecule has 2 aromatic carbocycles. The number of anilines is 2. The van der Waals surface area contributed by atoms with Crippen LogP contribution in [0.1, 0.15) is 42.4 Å². The van der Waals surface area contributed by atoms with E-state index in [-0.39, 0.29) is 34.0 Å². The fraction of sp³-hybridized carbons (Fsp3) is 0.281. The lowest BCUT2D eigenvalue weighted by molar-refractivity contribution is -0.698. The van der Waals surface area contributed by atoms with Crippen LogP contribution in [0.2, 0.25) is 0 Å². The molecule has 0 aliphatic heterocycles. The number of azo groups is 1. The standard InChI is InChI=1S/C32H38N7.2BrH/c1-26-23-30(24-27(2)32(26)33)36-35-29-15-21-39(22-16-29)18-10-5-4-9-17-38-19-13-28(14-20-38)25-34-37(3)31-11-7-6-8-12-31;;/h6-8,11-16,19-25,33H,4-5,9-10,17-18H2,1-3H3;2*1H/q+1;;/p-1. The van der Waals surface area contributed by atoms with Crippen molar-refractivity contribution in [2.75, 3.05) is 17.8 Å². The molecular formula is C32H39Br2N7. The number of para-hydroxylation sites is 1. The minimum absolute atomic E-state index is 0. The largest absolute Gasteiger partial charge is 1.00 e. The van der Waals surface area contributed by atoms with Crippen LogP contribution in [0.4, 0.5) is 22.7 Å². The minimum Gasteiger partial charge on any atom is -1.00 e. The summed E-state index contributed by atoms with van der Waals surface area (Å²) in [6.07, 6.45) is 15.1. The molecule has 0 aliphatic rings. The number of hydrogen-bond acceptors (Lipinski definition) is 5. The van der Waals surface area contributed by atoms with Gasteiger partial charge in [0.25, 0.3) is 0 Å². The second-order valence-corrected chi connectivity index (χ2v) is 9.87. The molecule has 0 spiro atoms. The SMILES string of the molecule is Cc1cc(N=Nc2cc[n+](CCCCCC[n+]3ccc(/C=N\N(C)c4ccccc4)cc3)cc2)cc(C)c1N.[Br-].[Br-]. The number of hydrogen-bond donors (Lipinski definition) is 1. The molecule has 0 amide bonds. The Labute approximate surface area is 265 Å². The van der Waals surface area contributed by atoms with E-state index in [1.54, 1.807) is 0 Å². The van der Waals surface area contributed by atoms with Crippen molar-refractivity contribution in [3.8, 4) is 0 Å². The highest BCUT2D eigenvalue weighted by Gasteiger charge is 2.05. The quantitative estimate of drug-likeness (QED) is 0.0595. The third-order valence-electron chi connectivity index (χ3n) is 6.74. The molecule has 2 N–H and O–H groups in total. The highest BCUT2D eigenvalue weighted by atomic mass is 79.9. The van der Waals surface area contributed by atoms with Crippen molar-refractivity contribution in [1.29, 1.82) is 0 Å². The lowest BCUT2D eigenvalue weighted by atomic mass is 10.1. The van der Waals surface area contributed by atoms with E-state index in [4.69, 9.17) is 5.73 Å². The smallest absolute Gasteiger partial charge is 0.171 e. The van der Waals surface area contributed by atoms with Gasteiger partial charge in [0, 0.05) is 55.4 Å². The van der Waals surface area contributed by atoms with Gasteiger partial charge < -0.3 is 39.7 Å². The molecule has 0 bridgehead atoms. The van der Waals surface area contributed by atoms with Crippen molar-refractivity contribution in [1.82, 2.24) is 0 Å². The molecule has 0 saturated heterocycles. The average molecular weight is 682 g/mol. The summed E-state index contributed by atoms with van der Waals surface area (Å²) >= 11 is 0. The molecule has 2 aromatic heterocycles. The average Bonchev–Trinajstić information content (AvgIpc) is 2.97. The van der Waals surface area contributed by atoms with Gasteiger partial charge in [0.2, 0.25) is 0 Å². The summed E-state index contributed by atoms with van der Waals surface area (Å²) in [6, 6.07) is 22.3. The van der Waals surface area contributed by atoms with Gasteiger partial charge in [-0.25, -0.2) is 9.13 Å². The van der Waals surface area contributed by atoms with Crippen molar-refractivity contribution < 1.29 is 43.1 Å². The Morgan fingerprint density at radius 1 is 0.707 bits per heavy atom. The molecule has 2 heterocycles. The van der Waals surface area contributed by atoms with Crippen LogP contribution in [0, 0.1) is 13.8 Å². The Balaban J connectivity index is 0.00000294. The summed E-state index contributed by atoms with van der Waals surface area (Å²) in [5.74, 6) is 0. The maximum atomic E-state index is 6.02. The topological polar surface area (TPSA) is 74.1 Å². The summed E-state index contributed by atoms with van der Waals surface area (Å²) in [6.45, 7) is 6.02. The second kappa shape index (κ2) is 17.4. The molecular weight excluding hydrogens is 642 g/mol. The second-order valence-electron chi connectivity index (χ2n) is 9.87. The molecule has 216 valence electrons. The number of hydrazone groups is 1. The Morgan fingerprint density at radius 2 is 1.22 bits per heavy atom. The molecule has 0 unspecified atom stereocenters. The van der Waals surface area contributed by atoms with E-state index in [1.807, 2.05) is 86.7 Å². The van der Waals surface area contributed by atoms with Crippen LogP contribution >= 0.6 is 0 Å². The number of nitrogen functional groups attached to an aromatic ring is 1. The number of nitrogens with two attached hydrogens (primary N) is 1. The monoisotopic (exact) mass is 679 g/mol. The number of benzene rings is 2. The molecule has 0 saturated carbocycles. The summed E-state index contributed by atoms with van der Waals surface area (Å²) < 4.78 is 4.45. The first-order valence-electron chi connectivity index (χ1n) is 13.6. The molecule has 41 heavy (non-hydrogen) atoms. The predicted molar refractivity (Wildman–Crippen MR) is 159 cm³/mol. The summed E-state index contributed by atoms with van der Waals surface area (Å²) in [5, 5.41) is 15.2. The van der Waals surface area contributed by atoms with Crippen molar-refractivity contribution in [3.05, 3.63) is 108 Å². The zero-order valence-electron chi connectivity index (χ0n) is 24.0. The minimum atomic E-state index is 0. The zero-order chi connectivity index (χ0) is 27.5. The summed E-state index contributed by atoms with van der Waals surface area (Å²) in [5.41, 5.74) is 12.7. The number of aromatic nitrogens is 2. The predicted octanol–water partition coefficient (Wildman–Crippen LogP) is 0.615. The molecule has 7 nitrogen and oxygen atoms in total. The Bertz CT molecular complexity index is 1370. The van der Waals surface area contributed by atoms with Crippen LogP contribution in [0.5, 0.6) is 0 Å². The first kappa shape index (κ1) is 33.8. The Morgan fingerprint density at radius 3 is 1.78 bits per heavy atom. The third-order valence-corrected chi connectivity index (χ3v) is 6.74. The van der Waals surface area contributed by atoms with Gasteiger partial charge in [-0.3, -0.25) is 5.01 Å². The first-order valence-corrected chi connectivity index (χ1v) is 13.6. The molecule has 4 rings (SSSR count). The van der Waals surface area contributed by atoms with Crippen LogP contribution in [0.3, 0.4) is 0 Å². The van der Waals surface area contributed by atoms with E-state index in [2.05, 4.69) is 61.4 Å². The maximum absolute atomic E-state index is 6.02. The van der Waals surface area contributed by atoms with Crippen LogP contribution in [0.25, 0.3) is 0 Å². The fourth-order valence-electron chi connectivity index (χ4n) is 4.30. The lowest BCUT2D eigenvalue weighted by Crippen LogP contribution is -3.00. The normalized spacial score (nSPS) is 10.9. The number of rotatable bonds is 12. The zero-order valence-corrected chi connectivity index (χ0v) is 27.2. The van der Waals surface area contributed by atoms with E-state index >= 15 is 0 Å². The Hall–Kier alpha value is -3.43. The summed E-state index contributed by atoms with van der Waals surface area (Å²) in [4.78, 5) is 0. The fourth-order valence-corrected chi connectivity index (χ4v) is 4.30. The van der Waals surface area contributed by atoms with Crippen molar-refractivity contribution in [3.63, 3.8) is 0 Å². The van der Waals surface area contributed by atoms with Crippen molar-refractivity contribution >= 4 is 29.0 Å².